The fourth-order valence-electron chi connectivity index (χ4n) is 3.04. The van der Waals surface area contributed by atoms with E-state index in [1.165, 1.54) is 10.8 Å². The topological polar surface area (TPSA) is 94.6 Å². The lowest BCUT2D eigenvalue weighted by Crippen LogP contribution is -2.34. The van der Waals surface area contributed by atoms with Gasteiger partial charge in [-0.05, 0) is 30.9 Å². The number of hydrogen-bond acceptors (Lipinski definition) is 6. The molecule has 8 nitrogen and oxygen atoms in total. The van der Waals surface area contributed by atoms with Crippen molar-refractivity contribution < 1.29 is 13.8 Å². The first-order valence-corrected chi connectivity index (χ1v) is 10.8. The van der Waals surface area contributed by atoms with Crippen LogP contribution in [0, 0.1) is 6.92 Å². The van der Waals surface area contributed by atoms with Crippen molar-refractivity contribution in [3.63, 3.8) is 0 Å². The van der Waals surface area contributed by atoms with E-state index in [2.05, 4.69) is 10.1 Å². The van der Waals surface area contributed by atoms with Gasteiger partial charge < -0.3 is 18.9 Å². The van der Waals surface area contributed by atoms with Gasteiger partial charge in [0.1, 0.15) is 12.3 Å². The van der Waals surface area contributed by atoms with Crippen LogP contribution in [0.1, 0.15) is 18.2 Å². The molecule has 0 bridgehead atoms. The Kier molecular flexibility index (Phi) is 4.58. The second-order valence-electron chi connectivity index (χ2n) is 6.26. The molecule has 0 spiro atoms. The maximum Gasteiger partial charge on any atom is 0.330 e. The highest BCUT2D eigenvalue weighted by molar-refractivity contribution is 8.10. The molecular formula is C16H18N3O5PS. The maximum absolute atomic E-state index is 12.1. The molecule has 3 unspecified atom stereocenters. The Labute approximate surface area is 154 Å². The molecule has 4 rings (SSSR count). The van der Waals surface area contributed by atoms with Gasteiger partial charge in [-0.3, -0.25) is 14.3 Å². The zero-order valence-electron chi connectivity index (χ0n) is 14.0. The maximum atomic E-state index is 12.1. The van der Waals surface area contributed by atoms with Crippen LogP contribution in [0.5, 0.6) is 0 Å². The van der Waals surface area contributed by atoms with E-state index in [0.717, 1.165) is 5.69 Å². The number of nitrogens with zero attached hydrogens (tertiary/aromatic N) is 1. The third-order valence-corrected chi connectivity index (χ3v) is 6.78. The van der Waals surface area contributed by atoms with Crippen LogP contribution in [0.3, 0.4) is 0 Å². The molecule has 0 saturated carbocycles. The van der Waals surface area contributed by atoms with Crippen LogP contribution in [0.15, 0.2) is 46.1 Å². The Morgan fingerprint density at radius 3 is 2.81 bits per heavy atom. The summed E-state index contributed by atoms with van der Waals surface area (Å²) >= 11 is 5.56. The van der Waals surface area contributed by atoms with Gasteiger partial charge >= 0.3 is 5.69 Å². The Morgan fingerprint density at radius 1 is 1.27 bits per heavy atom. The van der Waals surface area contributed by atoms with Crippen molar-refractivity contribution in [1.82, 2.24) is 9.55 Å². The molecule has 2 N–H and O–H groups in total. The monoisotopic (exact) mass is 395 g/mol. The number of ether oxygens (including phenoxy) is 1. The van der Waals surface area contributed by atoms with E-state index in [1.807, 2.05) is 30.3 Å². The third kappa shape index (κ3) is 3.41. The quantitative estimate of drug-likeness (QED) is 0.767. The standard InChI is InChI=1S/C16H18N3O5PS/c1-10-8-19(16(21)17-15(10)20)14-7-12-13(23-14)9-22-25(26,24-12)18-11-5-3-2-4-6-11/h2-6,8,12-14H,7,9H2,1H3,(H,18,26)(H,17,20,21)/t12?,13?,14?,25-/m1/s1. The van der Waals surface area contributed by atoms with Crippen molar-refractivity contribution in [1.29, 1.82) is 0 Å². The first-order chi connectivity index (χ1) is 12.4. The molecule has 0 aliphatic carbocycles. The summed E-state index contributed by atoms with van der Waals surface area (Å²) in [6.45, 7) is -0.769. The average Bonchev–Trinajstić information content (AvgIpc) is 3.01. The van der Waals surface area contributed by atoms with Gasteiger partial charge in [-0.25, -0.2) is 4.79 Å². The molecule has 0 radical (unpaired) electrons. The van der Waals surface area contributed by atoms with E-state index >= 15 is 0 Å². The summed E-state index contributed by atoms with van der Waals surface area (Å²) in [6, 6.07) is 9.50. The minimum atomic E-state index is -2.69. The molecule has 26 heavy (non-hydrogen) atoms. The highest BCUT2D eigenvalue weighted by Gasteiger charge is 2.45. The van der Waals surface area contributed by atoms with Gasteiger partial charge in [0.25, 0.3) is 12.2 Å². The molecule has 10 heteroatoms. The summed E-state index contributed by atoms with van der Waals surface area (Å²) in [4.78, 5) is 25.9. The van der Waals surface area contributed by atoms with Crippen molar-refractivity contribution in [2.24, 2.45) is 0 Å². The predicted octanol–water partition coefficient (Wildman–Crippen LogP) is 1.88. The highest BCUT2D eigenvalue weighted by Crippen LogP contribution is 2.55. The summed E-state index contributed by atoms with van der Waals surface area (Å²) in [6.07, 6.45) is 0.828. The van der Waals surface area contributed by atoms with E-state index < -0.39 is 24.1 Å². The second-order valence-corrected chi connectivity index (χ2v) is 9.39. The number of nitrogens with one attached hydrogen (secondary N) is 2. The largest absolute Gasteiger partial charge is 0.349 e. The van der Waals surface area contributed by atoms with Gasteiger partial charge in [-0.1, -0.05) is 18.2 Å². The van der Waals surface area contributed by atoms with Gasteiger partial charge in [0.05, 0.1) is 12.7 Å². The number of anilines is 1. The van der Waals surface area contributed by atoms with Crippen LogP contribution in [-0.4, -0.2) is 28.4 Å². The van der Waals surface area contributed by atoms with Crippen LogP contribution in [-0.2, 0) is 25.6 Å². The molecule has 2 fully saturated rings. The Morgan fingerprint density at radius 2 is 2.04 bits per heavy atom. The van der Waals surface area contributed by atoms with Gasteiger partial charge in [0.2, 0.25) is 0 Å². The van der Waals surface area contributed by atoms with Crippen LogP contribution < -0.4 is 16.3 Å². The highest BCUT2D eigenvalue weighted by atomic mass is 32.5. The first kappa shape index (κ1) is 17.6. The molecule has 138 valence electrons. The van der Waals surface area contributed by atoms with E-state index in [0.29, 0.717) is 12.0 Å². The van der Waals surface area contributed by atoms with E-state index in [4.69, 9.17) is 25.6 Å². The minimum absolute atomic E-state index is 0.282. The normalized spacial score (nSPS) is 30.7. The van der Waals surface area contributed by atoms with Crippen molar-refractivity contribution >= 4 is 24.1 Å². The molecule has 2 aromatic rings. The van der Waals surface area contributed by atoms with Crippen molar-refractivity contribution in [2.75, 3.05) is 11.7 Å². The van der Waals surface area contributed by atoms with E-state index in [-0.39, 0.29) is 18.8 Å². The molecular weight excluding hydrogens is 377 g/mol. The first-order valence-electron chi connectivity index (χ1n) is 8.17. The second kappa shape index (κ2) is 6.75. The lowest BCUT2D eigenvalue weighted by molar-refractivity contribution is -0.0526. The number of aromatic amines is 1. The number of aromatic nitrogens is 2. The smallest absolute Gasteiger partial charge is 0.330 e. The van der Waals surface area contributed by atoms with Crippen molar-refractivity contribution in [3.8, 4) is 0 Å². The third-order valence-electron chi connectivity index (χ3n) is 4.36. The number of H-pyrrole nitrogens is 1. The lowest BCUT2D eigenvalue weighted by Gasteiger charge is -2.34. The SMILES string of the molecule is Cc1cn(C2CC3O[P@@](=S)(Nc4ccccc4)OCC3O2)c(=O)[nH]c1=O. The van der Waals surface area contributed by atoms with Gasteiger partial charge in [-0.15, -0.1) is 0 Å². The number of benzene rings is 1. The molecule has 1 aromatic carbocycles. The zero-order valence-corrected chi connectivity index (χ0v) is 15.7. The number of para-hydroxylation sites is 1. The van der Waals surface area contributed by atoms with E-state index in [9.17, 15) is 9.59 Å². The van der Waals surface area contributed by atoms with Crippen LogP contribution in [0.25, 0.3) is 0 Å². The summed E-state index contributed by atoms with van der Waals surface area (Å²) in [5.41, 5.74) is 0.365. The Balaban J connectivity index is 1.51. The molecule has 3 heterocycles. The molecule has 1 aromatic heterocycles. The fraction of sp³-hybridized carbons (Fsp3) is 0.375. The van der Waals surface area contributed by atoms with Crippen LogP contribution >= 0.6 is 6.64 Å². The molecule has 2 aliphatic heterocycles. The summed E-state index contributed by atoms with van der Waals surface area (Å²) in [5.74, 6) is 0. The predicted molar refractivity (Wildman–Crippen MR) is 99.8 cm³/mol. The van der Waals surface area contributed by atoms with Gasteiger partial charge in [0.15, 0.2) is 0 Å². The Hall–Kier alpha value is -1.77. The average molecular weight is 395 g/mol. The van der Waals surface area contributed by atoms with Crippen molar-refractivity contribution in [2.45, 2.75) is 31.8 Å². The lowest BCUT2D eigenvalue weighted by atomic mass is 10.2. The van der Waals surface area contributed by atoms with Crippen molar-refractivity contribution in [3.05, 3.63) is 62.9 Å². The molecule has 2 saturated heterocycles. The van der Waals surface area contributed by atoms with Gasteiger partial charge in [-0.2, -0.15) is 0 Å². The molecule has 2 aliphatic rings. The Bertz CT molecular complexity index is 976. The number of rotatable bonds is 3. The zero-order chi connectivity index (χ0) is 18.3. The summed E-state index contributed by atoms with van der Waals surface area (Å²) in [7, 11) is 0. The molecule has 4 atom stereocenters. The minimum Gasteiger partial charge on any atom is -0.349 e. The summed E-state index contributed by atoms with van der Waals surface area (Å²) in [5, 5.41) is 3.16. The van der Waals surface area contributed by atoms with Gasteiger partial charge in [0, 0.05) is 23.9 Å². The van der Waals surface area contributed by atoms with Crippen LogP contribution in [0.4, 0.5) is 5.69 Å². The number of fused-ring (bicyclic) bond motifs is 1. The number of hydrogen-bond donors (Lipinski definition) is 2. The fourth-order valence-corrected chi connectivity index (χ4v) is 5.44. The van der Waals surface area contributed by atoms with Crippen LogP contribution in [0.2, 0.25) is 0 Å². The number of aryl methyl sites for hydroxylation is 1. The summed E-state index contributed by atoms with van der Waals surface area (Å²) < 4.78 is 19.1. The molecule has 0 amide bonds. The van der Waals surface area contributed by atoms with E-state index in [1.54, 1.807) is 6.92 Å².